The van der Waals surface area contributed by atoms with Crippen LogP contribution in [0.1, 0.15) is 25.0 Å². The Hall–Kier alpha value is -0.970. The summed E-state index contributed by atoms with van der Waals surface area (Å²) in [6.07, 6.45) is 0. The molecule has 2 rings (SSSR count). The largest absolute Gasteiger partial charge is 0.389 e. The van der Waals surface area contributed by atoms with Crippen LogP contribution in [0.15, 0.2) is 24.3 Å². The molecule has 4 heteroatoms. The second kappa shape index (κ2) is 7.16. The smallest absolute Gasteiger partial charge is 0.103 e. The zero-order valence-electron chi connectivity index (χ0n) is 12.5. The van der Waals surface area contributed by atoms with Crippen LogP contribution in [0.2, 0.25) is 0 Å². The van der Waals surface area contributed by atoms with Gasteiger partial charge in [0, 0.05) is 44.8 Å². The van der Waals surface area contributed by atoms with Crippen LogP contribution in [0.3, 0.4) is 0 Å². The molecule has 1 aliphatic rings. The molecule has 0 aliphatic carbocycles. The van der Waals surface area contributed by atoms with E-state index in [0.29, 0.717) is 4.99 Å². The van der Waals surface area contributed by atoms with E-state index in [4.69, 9.17) is 18.0 Å². The Labute approximate surface area is 127 Å². The molecule has 1 fully saturated rings. The lowest BCUT2D eigenvalue weighted by molar-refractivity contribution is 0.117. The fraction of sp³-hybridized carbons (Fsp3) is 0.562. The summed E-state index contributed by atoms with van der Waals surface area (Å²) >= 11 is 4.98. The number of rotatable bonds is 5. The van der Waals surface area contributed by atoms with Gasteiger partial charge in [-0.05, 0) is 11.5 Å². The molecule has 0 bridgehead atoms. The molecule has 3 nitrogen and oxygen atoms in total. The number of benzene rings is 1. The highest BCUT2D eigenvalue weighted by Crippen LogP contribution is 2.11. The van der Waals surface area contributed by atoms with Crippen molar-refractivity contribution >= 4 is 17.2 Å². The van der Waals surface area contributed by atoms with Gasteiger partial charge in [0.05, 0.1) is 0 Å². The van der Waals surface area contributed by atoms with E-state index in [1.54, 1.807) is 0 Å². The van der Waals surface area contributed by atoms with E-state index in [1.807, 2.05) is 12.1 Å². The highest BCUT2D eigenvalue weighted by atomic mass is 32.1. The first-order chi connectivity index (χ1) is 9.54. The van der Waals surface area contributed by atoms with Gasteiger partial charge in [-0.15, -0.1) is 0 Å². The molecule has 110 valence electrons. The van der Waals surface area contributed by atoms with Gasteiger partial charge in [-0.2, -0.15) is 0 Å². The molecule has 1 aliphatic heterocycles. The predicted molar refractivity (Wildman–Crippen MR) is 88.9 cm³/mol. The number of hydrogen-bond acceptors (Lipinski definition) is 3. The number of nitrogens with zero attached hydrogens (tertiary/aromatic N) is 2. The van der Waals surface area contributed by atoms with Crippen molar-refractivity contribution in [1.29, 1.82) is 0 Å². The monoisotopic (exact) mass is 291 g/mol. The molecule has 1 heterocycles. The Balaban J connectivity index is 1.81. The summed E-state index contributed by atoms with van der Waals surface area (Å²) in [6.45, 7) is 11.5. The minimum atomic E-state index is 0.471. The fourth-order valence-corrected chi connectivity index (χ4v) is 2.82. The van der Waals surface area contributed by atoms with Crippen molar-refractivity contribution in [2.75, 3.05) is 32.7 Å². The van der Waals surface area contributed by atoms with Crippen LogP contribution in [0.25, 0.3) is 0 Å². The minimum Gasteiger partial charge on any atom is -0.389 e. The van der Waals surface area contributed by atoms with Crippen LogP contribution in [0.5, 0.6) is 0 Å². The van der Waals surface area contributed by atoms with Gasteiger partial charge in [0.25, 0.3) is 0 Å². The lowest BCUT2D eigenvalue weighted by atomic mass is 10.1. The van der Waals surface area contributed by atoms with Crippen molar-refractivity contribution in [3.63, 3.8) is 0 Å². The third kappa shape index (κ3) is 4.54. The van der Waals surface area contributed by atoms with Crippen LogP contribution in [-0.2, 0) is 6.54 Å². The van der Waals surface area contributed by atoms with Crippen LogP contribution in [-0.4, -0.2) is 47.5 Å². The molecule has 0 atom stereocenters. The summed E-state index contributed by atoms with van der Waals surface area (Å²) in [5, 5.41) is 0. The second-order valence-corrected chi connectivity index (χ2v) is 6.47. The van der Waals surface area contributed by atoms with Crippen molar-refractivity contribution in [2.24, 2.45) is 11.7 Å². The molecule has 1 aromatic rings. The molecule has 0 spiro atoms. The maximum absolute atomic E-state index is 5.62. The summed E-state index contributed by atoms with van der Waals surface area (Å²) in [7, 11) is 0. The molecule has 0 radical (unpaired) electrons. The first-order valence-electron chi connectivity index (χ1n) is 7.38. The summed E-state index contributed by atoms with van der Waals surface area (Å²) < 4.78 is 0. The SMILES string of the molecule is CC(C)CN1CCN(Cc2ccc(C(N)=S)cc2)CC1. The van der Waals surface area contributed by atoms with Crippen LogP contribution >= 0.6 is 12.2 Å². The fourth-order valence-electron chi connectivity index (χ4n) is 2.68. The third-order valence-corrected chi connectivity index (χ3v) is 3.97. The van der Waals surface area contributed by atoms with Crippen molar-refractivity contribution in [2.45, 2.75) is 20.4 Å². The molecule has 0 unspecified atom stereocenters. The molecule has 1 saturated heterocycles. The van der Waals surface area contributed by atoms with Crippen LogP contribution in [0, 0.1) is 5.92 Å². The molecule has 0 amide bonds. The molecule has 20 heavy (non-hydrogen) atoms. The maximum atomic E-state index is 5.62. The van der Waals surface area contributed by atoms with Gasteiger partial charge in [0.15, 0.2) is 0 Å². The highest BCUT2D eigenvalue weighted by Gasteiger charge is 2.17. The van der Waals surface area contributed by atoms with Crippen molar-refractivity contribution < 1.29 is 0 Å². The van der Waals surface area contributed by atoms with Gasteiger partial charge >= 0.3 is 0 Å². The van der Waals surface area contributed by atoms with E-state index in [0.717, 1.165) is 31.1 Å². The van der Waals surface area contributed by atoms with Crippen molar-refractivity contribution in [3.05, 3.63) is 35.4 Å². The number of thiocarbonyl (C=S) groups is 1. The zero-order chi connectivity index (χ0) is 14.5. The Bertz CT molecular complexity index is 434. The summed E-state index contributed by atoms with van der Waals surface area (Å²) in [6, 6.07) is 8.31. The van der Waals surface area contributed by atoms with Crippen LogP contribution in [0.4, 0.5) is 0 Å². The quantitative estimate of drug-likeness (QED) is 0.842. The Morgan fingerprint density at radius 2 is 1.65 bits per heavy atom. The first kappa shape index (κ1) is 15.4. The summed E-state index contributed by atoms with van der Waals surface area (Å²) in [5.74, 6) is 0.759. The first-order valence-corrected chi connectivity index (χ1v) is 7.79. The van der Waals surface area contributed by atoms with Gasteiger partial charge in [-0.1, -0.05) is 50.3 Å². The van der Waals surface area contributed by atoms with E-state index < -0.39 is 0 Å². The normalized spacial score (nSPS) is 17.6. The number of nitrogens with two attached hydrogens (primary N) is 1. The van der Waals surface area contributed by atoms with Gasteiger partial charge in [0.1, 0.15) is 4.99 Å². The summed E-state index contributed by atoms with van der Waals surface area (Å²) in [5.41, 5.74) is 7.90. The molecule has 2 N–H and O–H groups in total. The Morgan fingerprint density at radius 1 is 1.10 bits per heavy atom. The molecule has 0 aromatic heterocycles. The van der Waals surface area contributed by atoms with Gasteiger partial charge < -0.3 is 10.6 Å². The van der Waals surface area contributed by atoms with E-state index in [2.05, 4.69) is 35.8 Å². The van der Waals surface area contributed by atoms with Gasteiger partial charge in [0.2, 0.25) is 0 Å². The lowest BCUT2D eigenvalue weighted by Crippen LogP contribution is -2.46. The van der Waals surface area contributed by atoms with E-state index in [-0.39, 0.29) is 0 Å². The number of hydrogen-bond donors (Lipinski definition) is 1. The average molecular weight is 291 g/mol. The van der Waals surface area contributed by atoms with E-state index >= 15 is 0 Å². The average Bonchev–Trinajstić information content (AvgIpc) is 2.41. The minimum absolute atomic E-state index is 0.471. The van der Waals surface area contributed by atoms with Crippen LogP contribution < -0.4 is 5.73 Å². The molecular weight excluding hydrogens is 266 g/mol. The van der Waals surface area contributed by atoms with Gasteiger partial charge in [-0.25, -0.2) is 0 Å². The van der Waals surface area contributed by atoms with Crippen molar-refractivity contribution in [1.82, 2.24) is 9.80 Å². The zero-order valence-corrected chi connectivity index (χ0v) is 13.3. The number of piperazine rings is 1. The second-order valence-electron chi connectivity index (χ2n) is 6.03. The third-order valence-electron chi connectivity index (χ3n) is 3.73. The van der Waals surface area contributed by atoms with E-state index in [9.17, 15) is 0 Å². The standard InChI is InChI=1S/C16H25N3S/c1-13(2)11-18-7-9-19(10-8-18)12-14-3-5-15(6-4-14)16(17)20/h3-6,13H,7-12H2,1-2H3,(H2,17,20). The maximum Gasteiger partial charge on any atom is 0.103 e. The van der Waals surface area contributed by atoms with E-state index in [1.165, 1.54) is 25.2 Å². The van der Waals surface area contributed by atoms with Crippen molar-refractivity contribution in [3.8, 4) is 0 Å². The molecular formula is C16H25N3S. The molecule has 0 saturated carbocycles. The molecule has 1 aromatic carbocycles. The highest BCUT2D eigenvalue weighted by molar-refractivity contribution is 7.80. The summed E-state index contributed by atoms with van der Waals surface area (Å²) in [4.78, 5) is 5.56. The predicted octanol–water partition coefficient (Wildman–Crippen LogP) is 2.09. The Morgan fingerprint density at radius 3 is 2.15 bits per heavy atom. The Kier molecular flexibility index (Phi) is 5.52. The topological polar surface area (TPSA) is 32.5 Å². The lowest BCUT2D eigenvalue weighted by Gasteiger charge is -2.35. The van der Waals surface area contributed by atoms with Gasteiger partial charge in [-0.3, -0.25) is 4.90 Å².